The van der Waals surface area contributed by atoms with E-state index in [2.05, 4.69) is 0 Å². The molecular formula is C15H18N2O4S. The van der Waals surface area contributed by atoms with Crippen molar-refractivity contribution in [2.45, 2.75) is 19.4 Å². The predicted octanol–water partition coefficient (Wildman–Crippen LogP) is 0.973. The highest BCUT2D eigenvalue weighted by molar-refractivity contribution is 7.91. The fraction of sp³-hybridized carbons (Fsp3) is 0.467. The Hall–Kier alpha value is -2.07. The molecule has 6 nitrogen and oxygen atoms in total. The lowest BCUT2D eigenvalue weighted by Crippen LogP contribution is -2.43. The van der Waals surface area contributed by atoms with Gasteiger partial charge >= 0.3 is 0 Å². The van der Waals surface area contributed by atoms with Crippen LogP contribution in [0.2, 0.25) is 0 Å². The Morgan fingerprint density at radius 3 is 2.77 bits per heavy atom. The third kappa shape index (κ3) is 3.77. The van der Waals surface area contributed by atoms with Gasteiger partial charge in [0.05, 0.1) is 17.1 Å². The Balaban J connectivity index is 2.00. The summed E-state index contributed by atoms with van der Waals surface area (Å²) < 4.78 is 28.5. The third-order valence-electron chi connectivity index (χ3n) is 3.67. The van der Waals surface area contributed by atoms with E-state index in [1.165, 1.54) is 0 Å². The van der Waals surface area contributed by atoms with Gasteiger partial charge in [0.15, 0.2) is 16.4 Å². The van der Waals surface area contributed by atoms with Crippen LogP contribution in [0.3, 0.4) is 0 Å². The fourth-order valence-corrected chi connectivity index (χ4v) is 4.30. The van der Waals surface area contributed by atoms with Crippen LogP contribution in [0.1, 0.15) is 18.9 Å². The summed E-state index contributed by atoms with van der Waals surface area (Å²) in [6.45, 7) is 2.04. The fourth-order valence-electron chi connectivity index (χ4n) is 2.57. The Kier molecular flexibility index (Phi) is 5.03. The van der Waals surface area contributed by atoms with Gasteiger partial charge in [-0.1, -0.05) is 12.1 Å². The van der Waals surface area contributed by atoms with Crippen molar-refractivity contribution in [1.29, 1.82) is 5.26 Å². The summed E-state index contributed by atoms with van der Waals surface area (Å²) >= 11 is 0. The van der Waals surface area contributed by atoms with Crippen molar-refractivity contribution in [3.8, 4) is 11.8 Å². The number of carbonyl (C=O) groups excluding carboxylic acids is 1. The highest BCUT2D eigenvalue weighted by atomic mass is 32.2. The van der Waals surface area contributed by atoms with Crippen molar-refractivity contribution in [3.05, 3.63) is 29.8 Å². The molecule has 0 radical (unpaired) electrons. The van der Waals surface area contributed by atoms with E-state index in [0.717, 1.165) is 0 Å². The SMILES string of the molecule is CCN(C(=O)COc1ccccc1C#N)C1CCS(=O)(=O)C1. The number of nitriles is 1. The number of likely N-dealkylation sites (N-methyl/N-ethyl adjacent to an activating group) is 1. The number of hydrogen-bond donors (Lipinski definition) is 0. The maximum atomic E-state index is 12.3. The van der Waals surface area contributed by atoms with Gasteiger partial charge in [0, 0.05) is 12.6 Å². The molecule has 1 atom stereocenters. The van der Waals surface area contributed by atoms with Gasteiger partial charge in [-0.25, -0.2) is 8.42 Å². The average molecular weight is 322 g/mol. The number of para-hydroxylation sites is 1. The quantitative estimate of drug-likeness (QED) is 0.806. The molecule has 1 heterocycles. The minimum absolute atomic E-state index is 0.0152. The first-order chi connectivity index (χ1) is 10.5. The number of sulfone groups is 1. The maximum absolute atomic E-state index is 12.3. The Morgan fingerprint density at radius 1 is 1.45 bits per heavy atom. The molecule has 1 aliphatic heterocycles. The van der Waals surface area contributed by atoms with Crippen LogP contribution in [0.25, 0.3) is 0 Å². The van der Waals surface area contributed by atoms with E-state index >= 15 is 0 Å². The van der Waals surface area contributed by atoms with Crippen molar-refractivity contribution in [2.24, 2.45) is 0 Å². The number of carbonyl (C=O) groups is 1. The van der Waals surface area contributed by atoms with Crippen molar-refractivity contribution in [1.82, 2.24) is 4.90 Å². The maximum Gasteiger partial charge on any atom is 0.260 e. The van der Waals surface area contributed by atoms with E-state index < -0.39 is 9.84 Å². The van der Waals surface area contributed by atoms with Crippen molar-refractivity contribution in [2.75, 3.05) is 24.7 Å². The van der Waals surface area contributed by atoms with Gasteiger partial charge in [-0.05, 0) is 25.5 Å². The molecule has 1 aromatic carbocycles. The number of hydrogen-bond acceptors (Lipinski definition) is 5. The molecule has 0 aromatic heterocycles. The van der Waals surface area contributed by atoms with Crippen LogP contribution < -0.4 is 4.74 Å². The van der Waals surface area contributed by atoms with Gasteiger partial charge in [0.25, 0.3) is 5.91 Å². The van der Waals surface area contributed by atoms with Gasteiger partial charge in [-0.2, -0.15) is 5.26 Å². The summed E-state index contributed by atoms with van der Waals surface area (Å²) in [5.74, 6) is 0.229. The van der Waals surface area contributed by atoms with Gasteiger partial charge in [-0.3, -0.25) is 4.79 Å². The second-order valence-electron chi connectivity index (χ2n) is 5.13. The van der Waals surface area contributed by atoms with Gasteiger partial charge in [-0.15, -0.1) is 0 Å². The van der Waals surface area contributed by atoms with Gasteiger partial charge < -0.3 is 9.64 Å². The van der Waals surface area contributed by atoms with Crippen LogP contribution in [0.15, 0.2) is 24.3 Å². The molecule has 0 spiro atoms. The summed E-state index contributed by atoms with van der Waals surface area (Å²) in [5.41, 5.74) is 0.363. The molecule has 0 N–H and O–H groups in total. The molecule has 7 heteroatoms. The van der Waals surface area contributed by atoms with E-state index in [9.17, 15) is 13.2 Å². The molecule has 118 valence electrons. The zero-order chi connectivity index (χ0) is 16.2. The average Bonchev–Trinajstić information content (AvgIpc) is 2.86. The number of ether oxygens (including phenoxy) is 1. The first-order valence-electron chi connectivity index (χ1n) is 7.08. The first kappa shape index (κ1) is 16.3. The monoisotopic (exact) mass is 322 g/mol. The molecule has 0 bridgehead atoms. The smallest absolute Gasteiger partial charge is 0.260 e. The molecule has 0 aliphatic carbocycles. The lowest BCUT2D eigenvalue weighted by molar-refractivity contribution is -0.135. The number of benzene rings is 1. The van der Waals surface area contributed by atoms with Crippen LogP contribution in [-0.4, -0.2) is 49.9 Å². The molecule has 1 saturated heterocycles. The second-order valence-corrected chi connectivity index (χ2v) is 7.36. The topological polar surface area (TPSA) is 87.5 Å². The summed E-state index contributed by atoms with van der Waals surface area (Å²) in [4.78, 5) is 13.8. The van der Waals surface area contributed by atoms with Crippen LogP contribution >= 0.6 is 0 Å². The molecule has 1 aromatic rings. The van der Waals surface area contributed by atoms with Crippen molar-refractivity contribution >= 4 is 15.7 Å². The largest absolute Gasteiger partial charge is 0.482 e. The molecule has 2 rings (SSSR count). The molecule has 1 aliphatic rings. The normalized spacial score (nSPS) is 19.4. The summed E-state index contributed by atoms with van der Waals surface area (Å²) in [5, 5.41) is 8.98. The van der Waals surface area contributed by atoms with Crippen LogP contribution in [0.5, 0.6) is 5.75 Å². The molecule has 22 heavy (non-hydrogen) atoms. The minimum Gasteiger partial charge on any atom is -0.482 e. The van der Waals surface area contributed by atoms with E-state index in [1.807, 2.05) is 13.0 Å². The zero-order valence-corrected chi connectivity index (χ0v) is 13.2. The zero-order valence-electron chi connectivity index (χ0n) is 12.4. The third-order valence-corrected chi connectivity index (χ3v) is 5.42. The number of amides is 1. The first-order valence-corrected chi connectivity index (χ1v) is 8.91. The summed E-state index contributed by atoms with van der Waals surface area (Å²) in [6.07, 6.45) is 0.469. The molecule has 1 fully saturated rings. The Bertz CT molecular complexity index is 694. The van der Waals surface area contributed by atoms with E-state index in [1.54, 1.807) is 29.2 Å². The Labute approximate surface area is 130 Å². The lowest BCUT2D eigenvalue weighted by Gasteiger charge is -2.26. The van der Waals surface area contributed by atoms with Crippen molar-refractivity contribution < 1.29 is 17.9 Å². The van der Waals surface area contributed by atoms with Crippen LogP contribution in [0, 0.1) is 11.3 Å². The van der Waals surface area contributed by atoms with Crippen LogP contribution in [0.4, 0.5) is 0 Å². The summed E-state index contributed by atoms with van der Waals surface area (Å²) in [7, 11) is -3.04. The summed E-state index contributed by atoms with van der Waals surface area (Å²) in [6, 6.07) is 8.40. The van der Waals surface area contributed by atoms with E-state index in [-0.39, 0.29) is 30.1 Å². The molecule has 1 unspecified atom stereocenters. The highest BCUT2D eigenvalue weighted by Gasteiger charge is 2.33. The lowest BCUT2D eigenvalue weighted by atomic mass is 10.2. The number of rotatable bonds is 5. The van der Waals surface area contributed by atoms with Gasteiger partial charge in [0.2, 0.25) is 0 Å². The molecule has 0 saturated carbocycles. The van der Waals surface area contributed by atoms with Gasteiger partial charge in [0.1, 0.15) is 11.8 Å². The van der Waals surface area contributed by atoms with Crippen molar-refractivity contribution in [3.63, 3.8) is 0 Å². The Morgan fingerprint density at radius 2 is 2.18 bits per heavy atom. The minimum atomic E-state index is -3.04. The predicted molar refractivity (Wildman–Crippen MR) is 81.1 cm³/mol. The second kappa shape index (κ2) is 6.79. The van der Waals surface area contributed by atoms with Crippen LogP contribution in [-0.2, 0) is 14.6 Å². The van der Waals surface area contributed by atoms with E-state index in [4.69, 9.17) is 10.00 Å². The van der Waals surface area contributed by atoms with E-state index in [0.29, 0.717) is 24.3 Å². The standard InChI is InChI=1S/C15H18N2O4S/c1-2-17(13-7-8-22(19,20)11-13)15(18)10-21-14-6-4-3-5-12(14)9-16/h3-6,13H,2,7-8,10-11H2,1H3. The molecular weight excluding hydrogens is 304 g/mol. The number of nitrogens with zero attached hydrogens (tertiary/aromatic N) is 2. The highest BCUT2D eigenvalue weighted by Crippen LogP contribution is 2.19. The molecule has 1 amide bonds.